The summed E-state index contributed by atoms with van der Waals surface area (Å²) in [5.41, 5.74) is 0.787. The van der Waals surface area contributed by atoms with E-state index < -0.39 is 0 Å². The van der Waals surface area contributed by atoms with Gasteiger partial charge < -0.3 is 0 Å². The normalized spacial score (nSPS) is 10.3. The molecule has 11 heavy (non-hydrogen) atoms. The number of halogens is 1. The molecule has 2 heteroatoms. The third-order valence-corrected chi connectivity index (χ3v) is 1.21. The maximum atomic E-state index is 12.3. The van der Waals surface area contributed by atoms with Gasteiger partial charge in [0.1, 0.15) is 5.82 Å². The third-order valence-electron chi connectivity index (χ3n) is 1.21. The summed E-state index contributed by atoms with van der Waals surface area (Å²) in [7, 11) is 0. The first-order valence-corrected chi connectivity index (χ1v) is 3.13. The molecule has 0 aliphatic heterocycles. The fourth-order valence-corrected chi connectivity index (χ4v) is 0.704. The Morgan fingerprint density at radius 3 is 2.45 bits per heavy atom. The van der Waals surface area contributed by atoms with Crippen molar-refractivity contribution in [3.05, 3.63) is 41.7 Å². The third kappa shape index (κ3) is 2.34. The van der Waals surface area contributed by atoms with Crippen molar-refractivity contribution < 1.29 is 9.18 Å². The van der Waals surface area contributed by atoms with E-state index in [0.29, 0.717) is 0 Å². The van der Waals surface area contributed by atoms with Crippen LogP contribution in [0.2, 0.25) is 0 Å². The molecule has 0 spiro atoms. The number of benzene rings is 1. The van der Waals surface area contributed by atoms with Crippen LogP contribution in [0.3, 0.4) is 0 Å². The van der Waals surface area contributed by atoms with Gasteiger partial charge in [-0.05, 0) is 23.8 Å². The summed E-state index contributed by atoms with van der Waals surface area (Å²) in [5.74, 6) is -0.280. The zero-order valence-electron chi connectivity index (χ0n) is 5.75. The molecule has 1 radical (unpaired) electrons. The Morgan fingerprint density at radius 2 is 1.91 bits per heavy atom. The fourth-order valence-electron chi connectivity index (χ4n) is 0.704. The van der Waals surface area contributed by atoms with Gasteiger partial charge in [0.15, 0.2) is 0 Å². The molecule has 0 aliphatic carbocycles. The highest BCUT2D eigenvalue weighted by Gasteiger charge is 1.87. The minimum absolute atomic E-state index is 0.280. The van der Waals surface area contributed by atoms with E-state index in [4.69, 9.17) is 0 Å². The SMILES string of the molecule is O=[C]C=Cc1ccc(F)cc1. The van der Waals surface area contributed by atoms with Crippen molar-refractivity contribution in [2.24, 2.45) is 0 Å². The number of hydrogen-bond donors (Lipinski definition) is 0. The van der Waals surface area contributed by atoms with E-state index in [2.05, 4.69) is 0 Å². The van der Waals surface area contributed by atoms with Gasteiger partial charge in [-0.15, -0.1) is 0 Å². The molecule has 0 aromatic heterocycles. The van der Waals surface area contributed by atoms with E-state index in [1.54, 1.807) is 24.5 Å². The van der Waals surface area contributed by atoms with E-state index in [-0.39, 0.29) is 5.82 Å². The maximum absolute atomic E-state index is 12.3. The molecule has 0 bridgehead atoms. The summed E-state index contributed by atoms with van der Waals surface area (Å²) in [6.07, 6.45) is 4.41. The molecule has 1 aromatic rings. The summed E-state index contributed by atoms with van der Waals surface area (Å²) in [5, 5.41) is 0. The Labute approximate surface area is 64.2 Å². The van der Waals surface area contributed by atoms with E-state index in [0.717, 1.165) is 5.56 Å². The van der Waals surface area contributed by atoms with Crippen LogP contribution in [-0.4, -0.2) is 6.29 Å². The molecule has 0 unspecified atom stereocenters. The Kier molecular flexibility index (Phi) is 2.55. The predicted octanol–water partition coefficient (Wildman–Crippen LogP) is 1.95. The summed E-state index contributed by atoms with van der Waals surface area (Å²) >= 11 is 0. The zero-order valence-corrected chi connectivity index (χ0v) is 5.75. The molecule has 0 amide bonds. The molecular weight excluding hydrogens is 143 g/mol. The number of allylic oxidation sites excluding steroid dienone is 1. The molecular formula is C9H6FO. The highest BCUT2D eigenvalue weighted by Crippen LogP contribution is 2.03. The van der Waals surface area contributed by atoms with Crippen molar-refractivity contribution in [1.29, 1.82) is 0 Å². The highest BCUT2D eigenvalue weighted by molar-refractivity contribution is 5.74. The van der Waals surface area contributed by atoms with Gasteiger partial charge in [-0.3, -0.25) is 4.79 Å². The van der Waals surface area contributed by atoms with Gasteiger partial charge in [-0.1, -0.05) is 18.2 Å². The lowest BCUT2D eigenvalue weighted by atomic mass is 10.2. The van der Waals surface area contributed by atoms with Crippen LogP contribution >= 0.6 is 0 Å². The van der Waals surface area contributed by atoms with Crippen LogP contribution in [0.25, 0.3) is 6.08 Å². The monoisotopic (exact) mass is 149 g/mol. The minimum Gasteiger partial charge on any atom is -0.286 e. The predicted molar refractivity (Wildman–Crippen MR) is 41.1 cm³/mol. The van der Waals surface area contributed by atoms with Crippen molar-refractivity contribution in [2.75, 3.05) is 0 Å². The molecule has 0 N–H and O–H groups in total. The van der Waals surface area contributed by atoms with Crippen molar-refractivity contribution in [2.45, 2.75) is 0 Å². The van der Waals surface area contributed by atoms with Crippen LogP contribution in [-0.2, 0) is 4.79 Å². The first kappa shape index (κ1) is 7.66. The number of carbonyl (C=O) groups excluding carboxylic acids is 1. The molecule has 1 nitrogen and oxygen atoms in total. The second-order valence-electron chi connectivity index (χ2n) is 2.00. The van der Waals surface area contributed by atoms with Crippen molar-refractivity contribution >= 4 is 12.4 Å². The van der Waals surface area contributed by atoms with Gasteiger partial charge in [0.05, 0.1) is 0 Å². The maximum Gasteiger partial charge on any atom is 0.225 e. The van der Waals surface area contributed by atoms with Crippen molar-refractivity contribution in [3.8, 4) is 0 Å². The first-order valence-electron chi connectivity index (χ1n) is 3.13. The van der Waals surface area contributed by atoms with Crippen molar-refractivity contribution in [3.63, 3.8) is 0 Å². The van der Waals surface area contributed by atoms with Gasteiger partial charge in [0, 0.05) is 0 Å². The second-order valence-corrected chi connectivity index (χ2v) is 2.00. The second kappa shape index (κ2) is 3.66. The van der Waals surface area contributed by atoms with Crippen LogP contribution in [0.5, 0.6) is 0 Å². The van der Waals surface area contributed by atoms with Gasteiger partial charge in [-0.25, -0.2) is 4.39 Å². The summed E-state index contributed by atoms with van der Waals surface area (Å²) in [6.45, 7) is 0. The van der Waals surface area contributed by atoms with Crippen LogP contribution in [0.15, 0.2) is 30.3 Å². The topological polar surface area (TPSA) is 17.1 Å². The van der Waals surface area contributed by atoms with Crippen molar-refractivity contribution in [1.82, 2.24) is 0 Å². The van der Waals surface area contributed by atoms with E-state index in [1.165, 1.54) is 18.2 Å². The molecule has 0 saturated carbocycles. The largest absolute Gasteiger partial charge is 0.286 e. The first-order chi connectivity index (χ1) is 5.33. The van der Waals surface area contributed by atoms with Gasteiger partial charge >= 0.3 is 0 Å². The molecule has 0 atom stereocenters. The highest BCUT2D eigenvalue weighted by atomic mass is 19.1. The average Bonchev–Trinajstić information content (AvgIpc) is 2.04. The van der Waals surface area contributed by atoms with Crippen LogP contribution in [0, 0.1) is 5.82 Å². The van der Waals surface area contributed by atoms with E-state index >= 15 is 0 Å². The molecule has 1 aromatic carbocycles. The zero-order chi connectivity index (χ0) is 8.10. The van der Waals surface area contributed by atoms with Crippen LogP contribution in [0.4, 0.5) is 4.39 Å². The lowest BCUT2D eigenvalue weighted by Crippen LogP contribution is -1.73. The van der Waals surface area contributed by atoms with E-state index in [1.807, 2.05) is 0 Å². The summed E-state index contributed by atoms with van der Waals surface area (Å²) in [6, 6.07) is 5.85. The van der Waals surface area contributed by atoms with Gasteiger partial charge in [0.25, 0.3) is 0 Å². The number of rotatable bonds is 2. The van der Waals surface area contributed by atoms with Crippen LogP contribution in [0.1, 0.15) is 5.56 Å². The lowest BCUT2D eigenvalue weighted by Gasteiger charge is -1.89. The Bertz CT molecular complexity index is 261. The quantitative estimate of drug-likeness (QED) is 0.587. The Balaban J connectivity index is 2.81. The Morgan fingerprint density at radius 1 is 1.27 bits per heavy atom. The number of hydrogen-bond acceptors (Lipinski definition) is 1. The molecule has 55 valence electrons. The molecule has 0 aliphatic rings. The summed E-state index contributed by atoms with van der Waals surface area (Å²) < 4.78 is 12.3. The van der Waals surface area contributed by atoms with Crippen LogP contribution < -0.4 is 0 Å². The molecule has 0 fully saturated rings. The molecule has 1 rings (SSSR count). The minimum atomic E-state index is -0.280. The van der Waals surface area contributed by atoms with Gasteiger partial charge in [0.2, 0.25) is 6.29 Å². The van der Waals surface area contributed by atoms with Gasteiger partial charge in [-0.2, -0.15) is 0 Å². The smallest absolute Gasteiger partial charge is 0.225 e. The Hall–Kier alpha value is -1.44. The molecule has 0 saturated heterocycles. The lowest BCUT2D eigenvalue weighted by molar-refractivity contribution is 0.564. The van der Waals surface area contributed by atoms with E-state index in [9.17, 15) is 9.18 Å². The molecule has 0 heterocycles. The average molecular weight is 149 g/mol. The standard InChI is InChI=1S/C9H6FO/c10-9-5-3-8(4-6-9)2-1-7-11/h1-6H. The summed E-state index contributed by atoms with van der Waals surface area (Å²) in [4.78, 5) is 9.76. The fraction of sp³-hybridized carbons (Fsp3) is 0.